The van der Waals surface area contributed by atoms with Gasteiger partial charge in [0.2, 0.25) is 11.8 Å². The first-order valence-electron chi connectivity index (χ1n) is 7.34. The van der Waals surface area contributed by atoms with Crippen molar-refractivity contribution in [2.24, 2.45) is 5.92 Å². The maximum atomic E-state index is 12.8. The number of aryl methyl sites for hydroxylation is 1. The molecule has 2 amide bonds. The fourth-order valence-electron chi connectivity index (χ4n) is 3.16. The Labute approximate surface area is 119 Å². The normalized spacial score (nSPS) is 25.9. The molecular weight excluding hydrogens is 252 g/mol. The third-order valence-corrected chi connectivity index (χ3v) is 4.38. The van der Waals surface area contributed by atoms with Crippen LogP contribution in [0.25, 0.3) is 0 Å². The maximum Gasteiger partial charge on any atom is 0.232 e. The van der Waals surface area contributed by atoms with Crippen LogP contribution in [0.1, 0.15) is 31.7 Å². The molecular formula is C16H20N2O2. The highest BCUT2D eigenvalue weighted by Gasteiger charge is 2.34. The van der Waals surface area contributed by atoms with E-state index in [9.17, 15) is 9.59 Å². The molecule has 1 aromatic carbocycles. The first-order chi connectivity index (χ1) is 9.66. The first-order valence-corrected chi connectivity index (χ1v) is 7.34. The molecule has 0 saturated carbocycles. The quantitative estimate of drug-likeness (QED) is 0.848. The lowest BCUT2D eigenvalue weighted by Crippen LogP contribution is -2.49. The van der Waals surface area contributed by atoms with Crippen molar-refractivity contribution in [1.29, 1.82) is 0 Å². The minimum atomic E-state index is -0.0821. The van der Waals surface area contributed by atoms with Crippen LogP contribution in [-0.4, -0.2) is 24.4 Å². The Morgan fingerprint density at radius 1 is 1.25 bits per heavy atom. The summed E-state index contributed by atoms with van der Waals surface area (Å²) in [6, 6.07) is 8.38. The zero-order chi connectivity index (χ0) is 14.1. The standard InChI is InChI=1S/C16H20N2O2/c1-11-6-7-12-4-2-3-5-14(12)18(11)16(20)13-8-9-15(19)17-10-13/h2-5,11,13H,6-10H2,1H3,(H,17,19). The van der Waals surface area contributed by atoms with Crippen molar-refractivity contribution >= 4 is 17.5 Å². The fourth-order valence-corrected chi connectivity index (χ4v) is 3.16. The molecule has 1 fully saturated rings. The second-order valence-electron chi connectivity index (χ2n) is 5.76. The van der Waals surface area contributed by atoms with Crippen LogP contribution in [-0.2, 0) is 16.0 Å². The van der Waals surface area contributed by atoms with Gasteiger partial charge in [-0.3, -0.25) is 9.59 Å². The number of carbonyl (C=O) groups excluding carboxylic acids is 2. The van der Waals surface area contributed by atoms with E-state index >= 15 is 0 Å². The number of amides is 2. The Morgan fingerprint density at radius 2 is 2.05 bits per heavy atom. The zero-order valence-electron chi connectivity index (χ0n) is 11.8. The van der Waals surface area contributed by atoms with Crippen LogP contribution in [0.2, 0.25) is 0 Å². The molecule has 20 heavy (non-hydrogen) atoms. The molecule has 106 valence electrons. The van der Waals surface area contributed by atoms with Crippen LogP contribution in [0.4, 0.5) is 5.69 Å². The van der Waals surface area contributed by atoms with E-state index in [1.54, 1.807) is 0 Å². The second kappa shape index (κ2) is 5.27. The van der Waals surface area contributed by atoms with Gasteiger partial charge in [0.15, 0.2) is 0 Å². The van der Waals surface area contributed by atoms with E-state index < -0.39 is 0 Å². The van der Waals surface area contributed by atoms with Gasteiger partial charge >= 0.3 is 0 Å². The van der Waals surface area contributed by atoms with Gasteiger partial charge in [0, 0.05) is 24.7 Å². The van der Waals surface area contributed by atoms with E-state index in [1.165, 1.54) is 5.56 Å². The van der Waals surface area contributed by atoms with Crippen molar-refractivity contribution in [1.82, 2.24) is 5.32 Å². The minimum Gasteiger partial charge on any atom is -0.355 e. The van der Waals surface area contributed by atoms with Gasteiger partial charge in [0.05, 0.1) is 5.92 Å². The van der Waals surface area contributed by atoms with E-state index in [0.29, 0.717) is 19.4 Å². The van der Waals surface area contributed by atoms with Gasteiger partial charge in [-0.25, -0.2) is 0 Å². The van der Waals surface area contributed by atoms with Gasteiger partial charge in [-0.05, 0) is 37.8 Å². The number of rotatable bonds is 1. The molecule has 0 aliphatic carbocycles. The molecule has 2 atom stereocenters. The van der Waals surface area contributed by atoms with Crippen molar-refractivity contribution in [2.45, 2.75) is 38.6 Å². The van der Waals surface area contributed by atoms with E-state index in [-0.39, 0.29) is 23.8 Å². The number of nitrogens with zero attached hydrogens (tertiary/aromatic N) is 1. The highest BCUT2D eigenvalue weighted by molar-refractivity contribution is 5.97. The SMILES string of the molecule is CC1CCc2ccccc2N1C(=O)C1CCC(=O)NC1. The molecule has 1 aromatic rings. The molecule has 2 aliphatic rings. The molecule has 2 heterocycles. The van der Waals surface area contributed by atoms with Crippen LogP contribution >= 0.6 is 0 Å². The smallest absolute Gasteiger partial charge is 0.232 e. The van der Waals surface area contributed by atoms with Crippen molar-refractivity contribution in [3.8, 4) is 0 Å². The summed E-state index contributed by atoms with van der Waals surface area (Å²) in [7, 11) is 0. The van der Waals surface area contributed by atoms with Crippen molar-refractivity contribution < 1.29 is 9.59 Å². The number of fused-ring (bicyclic) bond motifs is 1. The van der Waals surface area contributed by atoms with Crippen molar-refractivity contribution in [3.63, 3.8) is 0 Å². The number of nitrogens with one attached hydrogen (secondary N) is 1. The molecule has 2 aliphatic heterocycles. The second-order valence-corrected chi connectivity index (χ2v) is 5.76. The molecule has 0 radical (unpaired) electrons. The summed E-state index contributed by atoms with van der Waals surface area (Å²) in [5, 5.41) is 2.80. The van der Waals surface area contributed by atoms with Gasteiger partial charge in [-0.2, -0.15) is 0 Å². The molecule has 1 N–H and O–H groups in total. The van der Waals surface area contributed by atoms with E-state index in [1.807, 2.05) is 23.1 Å². The van der Waals surface area contributed by atoms with E-state index in [4.69, 9.17) is 0 Å². The number of carbonyl (C=O) groups is 2. The summed E-state index contributed by atoms with van der Waals surface area (Å²) in [4.78, 5) is 26.0. The number of piperidine rings is 1. The monoisotopic (exact) mass is 272 g/mol. The van der Waals surface area contributed by atoms with Crippen LogP contribution in [0.5, 0.6) is 0 Å². The van der Waals surface area contributed by atoms with Gasteiger partial charge in [-0.1, -0.05) is 18.2 Å². The number of hydrogen-bond donors (Lipinski definition) is 1. The third kappa shape index (κ3) is 2.30. The summed E-state index contributed by atoms with van der Waals surface area (Å²) < 4.78 is 0. The molecule has 1 saturated heterocycles. The highest BCUT2D eigenvalue weighted by atomic mass is 16.2. The molecule has 0 bridgehead atoms. The molecule has 3 rings (SSSR count). The molecule has 0 spiro atoms. The van der Waals surface area contributed by atoms with Gasteiger partial charge < -0.3 is 10.2 Å². The fraction of sp³-hybridized carbons (Fsp3) is 0.500. The Balaban J connectivity index is 1.85. The Bertz CT molecular complexity index is 531. The lowest BCUT2D eigenvalue weighted by atomic mass is 9.92. The van der Waals surface area contributed by atoms with Crippen molar-refractivity contribution in [3.05, 3.63) is 29.8 Å². The highest BCUT2D eigenvalue weighted by Crippen LogP contribution is 2.32. The van der Waals surface area contributed by atoms with Crippen LogP contribution < -0.4 is 10.2 Å². The van der Waals surface area contributed by atoms with Crippen LogP contribution in [0, 0.1) is 5.92 Å². The molecule has 4 nitrogen and oxygen atoms in total. The molecule has 0 aromatic heterocycles. The molecule has 2 unspecified atom stereocenters. The number of hydrogen-bond acceptors (Lipinski definition) is 2. The predicted octanol–water partition coefficient (Wildman–Crippen LogP) is 1.88. The Kier molecular flexibility index (Phi) is 3.47. The van der Waals surface area contributed by atoms with Crippen molar-refractivity contribution in [2.75, 3.05) is 11.4 Å². The van der Waals surface area contributed by atoms with Crippen LogP contribution in [0.15, 0.2) is 24.3 Å². The maximum absolute atomic E-state index is 12.8. The lowest BCUT2D eigenvalue weighted by Gasteiger charge is -2.38. The van der Waals surface area contributed by atoms with Gasteiger partial charge in [0.1, 0.15) is 0 Å². The third-order valence-electron chi connectivity index (χ3n) is 4.38. The van der Waals surface area contributed by atoms with Crippen LogP contribution in [0.3, 0.4) is 0 Å². The zero-order valence-corrected chi connectivity index (χ0v) is 11.8. The number of anilines is 1. The topological polar surface area (TPSA) is 49.4 Å². The molecule has 4 heteroatoms. The Morgan fingerprint density at radius 3 is 2.80 bits per heavy atom. The summed E-state index contributed by atoms with van der Waals surface area (Å²) in [5.41, 5.74) is 2.30. The summed E-state index contributed by atoms with van der Waals surface area (Å²) in [6.07, 6.45) is 3.15. The summed E-state index contributed by atoms with van der Waals surface area (Å²) >= 11 is 0. The first kappa shape index (κ1) is 13.2. The predicted molar refractivity (Wildman–Crippen MR) is 77.4 cm³/mol. The van der Waals surface area contributed by atoms with Gasteiger partial charge in [-0.15, -0.1) is 0 Å². The largest absolute Gasteiger partial charge is 0.355 e. The lowest BCUT2D eigenvalue weighted by molar-refractivity contribution is -0.127. The summed E-state index contributed by atoms with van der Waals surface area (Å²) in [5.74, 6) is 0.132. The summed E-state index contributed by atoms with van der Waals surface area (Å²) in [6.45, 7) is 2.58. The van der Waals surface area contributed by atoms with E-state index in [2.05, 4.69) is 18.3 Å². The Hall–Kier alpha value is -1.84. The number of para-hydroxylation sites is 1. The van der Waals surface area contributed by atoms with Gasteiger partial charge in [0.25, 0.3) is 0 Å². The number of benzene rings is 1. The van der Waals surface area contributed by atoms with E-state index in [0.717, 1.165) is 18.5 Å². The minimum absolute atomic E-state index is 0.0566. The average Bonchev–Trinajstić information content (AvgIpc) is 2.47. The average molecular weight is 272 g/mol.